The van der Waals surface area contributed by atoms with E-state index in [0.29, 0.717) is 11.7 Å². The summed E-state index contributed by atoms with van der Waals surface area (Å²) in [6.07, 6.45) is 0. The van der Waals surface area contributed by atoms with Crippen molar-refractivity contribution in [1.29, 1.82) is 0 Å². The van der Waals surface area contributed by atoms with Gasteiger partial charge >= 0.3 is 0 Å². The normalized spacial score (nSPS) is 11.9. The summed E-state index contributed by atoms with van der Waals surface area (Å²) in [5, 5.41) is 15.2. The summed E-state index contributed by atoms with van der Waals surface area (Å²) in [7, 11) is 0. The van der Waals surface area contributed by atoms with Gasteiger partial charge in [-0.2, -0.15) is 0 Å². The lowest BCUT2D eigenvalue weighted by Gasteiger charge is -2.16. The Balaban J connectivity index is 2.42. The molecular formula is C11H16N2OS. The molecule has 0 spiro atoms. The number of aliphatic hydroxyl groups excluding tert-OH is 1. The predicted octanol–water partition coefficient (Wildman–Crippen LogP) is 1.20. The SMILES string of the molecule is CC(NC(=S)NCCO)c1ccccc1. The number of nitrogens with one attached hydrogen (secondary N) is 2. The van der Waals surface area contributed by atoms with E-state index in [2.05, 4.69) is 10.6 Å². The second-order valence-corrected chi connectivity index (χ2v) is 3.66. The van der Waals surface area contributed by atoms with Crippen molar-refractivity contribution in [2.75, 3.05) is 13.2 Å². The highest BCUT2D eigenvalue weighted by atomic mass is 32.1. The van der Waals surface area contributed by atoms with Crippen molar-refractivity contribution in [2.45, 2.75) is 13.0 Å². The Labute approximate surface area is 95.5 Å². The summed E-state index contributed by atoms with van der Waals surface area (Å²) < 4.78 is 0. The molecule has 0 aliphatic carbocycles. The van der Waals surface area contributed by atoms with Crippen LogP contribution in [-0.4, -0.2) is 23.4 Å². The number of hydrogen-bond donors (Lipinski definition) is 3. The van der Waals surface area contributed by atoms with Gasteiger partial charge in [0.25, 0.3) is 0 Å². The van der Waals surface area contributed by atoms with Gasteiger partial charge in [-0.15, -0.1) is 0 Å². The van der Waals surface area contributed by atoms with Crippen LogP contribution in [0.15, 0.2) is 30.3 Å². The maximum Gasteiger partial charge on any atom is 0.166 e. The average Bonchev–Trinajstić information content (AvgIpc) is 2.27. The van der Waals surface area contributed by atoms with Gasteiger partial charge < -0.3 is 15.7 Å². The van der Waals surface area contributed by atoms with Crippen molar-refractivity contribution < 1.29 is 5.11 Å². The first kappa shape index (κ1) is 11.9. The third-order valence-corrected chi connectivity index (χ3v) is 2.31. The third kappa shape index (κ3) is 4.27. The van der Waals surface area contributed by atoms with Crippen LogP contribution in [-0.2, 0) is 0 Å². The van der Waals surface area contributed by atoms with Gasteiger partial charge in [0.2, 0.25) is 0 Å². The first-order valence-electron chi connectivity index (χ1n) is 4.94. The highest BCUT2D eigenvalue weighted by Crippen LogP contribution is 2.10. The van der Waals surface area contributed by atoms with Gasteiger partial charge in [0.1, 0.15) is 0 Å². The van der Waals surface area contributed by atoms with Gasteiger partial charge in [-0.1, -0.05) is 30.3 Å². The van der Waals surface area contributed by atoms with E-state index >= 15 is 0 Å². The van der Waals surface area contributed by atoms with Crippen LogP contribution >= 0.6 is 12.2 Å². The van der Waals surface area contributed by atoms with Gasteiger partial charge in [-0.05, 0) is 24.7 Å². The molecule has 3 nitrogen and oxygen atoms in total. The van der Waals surface area contributed by atoms with Crippen molar-refractivity contribution in [3.63, 3.8) is 0 Å². The maximum absolute atomic E-state index is 8.62. The zero-order valence-corrected chi connectivity index (χ0v) is 9.55. The van der Waals surface area contributed by atoms with Crippen LogP contribution in [0, 0.1) is 0 Å². The monoisotopic (exact) mass is 224 g/mol. The molecular weight excluding hydrogens is 208 g/mol. The Morgan fingerprint density at radius 2 is 2.07 bits per heavy atom. The second kappa shape index (κ2) is 6.37. The fourth-order valence-electron chi connectivity index (χ4n) is 1.24. The molecule has 0 saturated heterocycles. The molecule has 0 radical (unpaired) electrons. The van der Waals surface area contributed by atoms with E-state index in [9.17, 15) is 0 Å². The maximum atomic E-state index is 8.62. The molecule has 0 aliphatic rings. The Hall–Kier alpha value is -1.13. The molecule has 0 heterocycles. The minimum Gasteiger partial charge on any atom is -0.395 e. The lowest BCUT2D eigenvalue weighted by atomic mass is 10.1. The van der Waals surface area contributed by atoms with Gasteiger partial charge in [-0.3, -0.25) is 0 Å². The van der Waals surface area contributed by atoms with E-state index in [-0.39, 0.29) is 12.6 Å². The Kier molecular flexibility index (Phi) is 5.07. The number of rotatable bonds is 4. The van der Waals surface area contributed by atoms with Crippen molar-refractivity contribution in [3.05, 3.63) is 35.9 Å². The number of hydrogen-bond acceptors (Lipinski definition) is 2. The Morgan fingerprint density at radius 3 is 2.67 bits per heavy atom. The smallest absolute Gasteiger partial charge is 0.166 e. The number of aliphatic hydroxyl groups is 1. The summed E-state index contributed by atoms with van der Waals surface area (Å²) in [6, 6.07) is 10.2. The zero-order valence-electron chi connectivity index (χ0n) is 8.73. The first-order chi connectivity index (χ1) is 7.24. The molecule has 3 N–H and O–H groups in total. The highest BCUT2D eigenvalue weighted by Gasteiger charge is 2.04. The topological polar surface area (TPSA) is 44.3 Å². The van der Waals surface area contributed by atoms with Crippen molar-refractivity contribution >= 4 is 17.3 Å². The summed E-state index contributed by atoms with van der Waals surface area (Å²) in [5.41, 5.74) is 1.19. The molecule has 0 fully saturated rings. The van der Waals surface area contributed by atoms with Crippen LogP contribution in [0.3, 0.4) is 0 Å². The fourth-order valence-corrected chi connectivity index (χ4v) is 1.52. The molecule has 15 heavy (non-hydrogen) atoms. The molecule has 1 atom stereocenters. The minimum atomic E-state index is 0.0849. The van der Waals surface area contributed by atoms with E-state index in [1.165, 1.54) is 5.56 Å². The third-order valence-electron chi connectivity index (χ3n) is 2.04. The van der Waals surface area contributed by atoms with E-state index in [1.807, 2.05) is 37.3 Å². The van der Waals surface area contributed by atoms with E-state index in [1.54, 1.807) is 0 Å². The van der Waals surface area contributed by atoms with Crippen molar-refractivity contribution in [2.24, 2.45) is 0 Å². The second-order valence-electron chi connectivity index (χ2n) is 3.26. The minimum absolute atomic E-state index is 0.0849. The van der Waals surface area contributed by atoms with E-state index in [4.69, 9.17) is 17.3 Å². The van der Waals surface area contributed by atoms with Crippen LogP contribution in [0.25, 0.3) is 0 Å². The summed E-state index contributed by atoms with van der Waals surface area (Å²) >= 11 is 5.06. The molecule has 0 amide bonds. The molecule has 0 aromatic heterocycles. The van der Waals surface area contributed by atoms with Crippen molar-refractivity contribution in [1.82, 2.24) is 10.6 Å². The Bertz CT molecular complexity index is 303. The highest BCUT2D eigenvalue weighted by molar-refractivity contribution is 7.80. The standard InChI is InChI=1S/C11H16N2OS/c1-9(10-5-3-2-4-6-10)13-11(15)12-7-8-14/h2-6,9,14H,7-8H2,1H3,(H2,12,13,15). The molecule has 1 aromatic carbocycles. The van der Waals surface area contributed by atoms with Gasteiger partial charge in [0.15, 0.2) is 5.11 Å². The van der Waals surface area contributed by atoms with Crippen LogP contribution < -0.4 is 10.6 Å². The molecule has 4 heteroatoms. The average molecular weight is 224 g/mol. The quantitative estimate of drug-likeness (QED) is 0.673. The predicted molar refractivity (Wildman–Crippen MR) is 65.7 cm³/mol. The number of benzene rings is 1. The first-order valence-corrected chi connectivity index (χ1v) is 5.35. The molecule has 0 saturated carbocycles. The van der Waals surface area contributed by atoms with Gasteiger partial charge in [0.05, 0.1) is 12.6 Å². The van der Waals surface area contributed by atoms with E-state index < -0.39 is 0 Å². The van der Waals surface area contributed by atoms with Crippen LogP contribution in [0.1, 0.15) is 18.5 Å². The largest absolute Gasteiger partial charge is 0.395 e. The summed E-state index contributed by atoms with van der Waals surface area (Å²) in [6.45, 7) is 2.61. The van der Waals surface area contributed by atoms with Crippen LogP contribution in [0.2, 0.25) is 0 Å². The lowest BCUT2D eigenvalue weighted by Crippen LogP contribution is -2.38. The van der Waals surface area contributed by atoms with Crippen molar-refractivity contribution in [3.8, 4) is 0 Å². The van der Waals surface area contributed by atoms with Gasteiger partial charge in [0, 0.05) is 6.54 Å². The molecule has 0 aliphatic heterocycles. The van der Waals surface area contributed by atoms with E-state index in [0.717, 1.165) is 0 Å². The molecule has 0 bridgehead atoms. The Morgan fingerprint density at radius 1 is 1.40 bits per heavy atom. The molecule has 1 unspecified atom stereocenters. The zero-order chi connectivity index (χ0) is 11.1. The number of thiocarbonyl (C=S) groups is 1. The summed E-state index contributed by atoms with van der Waals surface area (Å²) in [4.78, 5) is 0. The summed E-state index contributed by atoms with van der Waals surface area (Å²) in [5.74, 6) is 0. The molecule has 1 aromatic rings. The molecule has 1 rings (SSSR count). The van der Waals surface area contributed by atoms with Crippen LogP contribution in [0.5, 0.6) is 0 Å². The van der Waals surface area contributed by atoms with Gasteiger partial charge in [-0.25, -0.2) is 0 Å². The molecule has 82 valence electrons. The lowest BCUT2D eigenvalue weighted by molar-refractivity contribution is 0.300. The van der Waals surface area contributed by atoms with Crippen LogP contribution in [0.4, 0.5) is 0 Å². The fraction of sp³-hybridized carbons (Fsp3) is 0.364.